The summed E-state index contributed by atoms with van der Waals surface area (Å²) in [6.45, 7) is 12.5. The molecule has 4 rings (SSSR count). The van der Waals surface area contributed by atoms with Crippen molar-refractivity contribution >= 4 is 76.2 Å². The van der Waals surface area contributed by atoms with Crippen LogP contribution in [0.5, 0.6) is 0 Å². The second-order valence-electron chi connectivity index (χ2n) is 16.0. The van der Waals surface area contributed by atoms with Crippen molar-refractivity contribution in [3.05, 3.63) is 71.0 Å². The lowest BCUT2D eigenvalue weighted by molar-refractivity contribution is -0.376. The van der Waals surface area contributed by atoms with E-state index in [0.717, 1.165) is 0 Å². The lowest BCUT2D eigenvalue weighted by Crippen LogP contribution is -2.53. The lowest BCUT2D eigenvalue weighted by atomic mass is 9.92. The number of carbonyl (C=O) groups excluding carboxylic acids is 2. The number of alkyl halides is 12. The van der Waals surface area contributed by atoms with Crippen molar-refractivity contribution < 1.29 is 89.3 Å². The molecule has 2 aromatic heterocycles. The third kappa shape index (κ3) is 12.0. The standard InChI is InChI=1S/2C18H19F6N3O4S2/c2*1-9-12(32-14(25-9)26-13(28)15(2,3)4)33(30,31)27-11-7-5-10(6-8-11)16(29,17(19,20)21)18(22,23)24/h2*5-8,27,29H,1-4H3,(H,25,26,28). The van der Waals surface area contributed by atoms with E-state index in [1.165, 1.54) is 13.8 Å². The molecule has 6 N–H and O–H groups in total. The number of aliphatic hydroxyl groups is 2. The quantitative estimate of drug-likeness (QED) is 0.0828. The fraction of sp³-hybridized carbons (Fsp3) is 0.444. The number of amides is 2. The zero-order chi connectivity index (χ0) is 51.2. The highest BCUT2D eigenvalue weighted by atomic mass is 32.3. The van der Waals surface area contributed by atoms with E-state index in [1.807, 2.05) is 9.44 Å². The van der Waals surface area contributed by atoms with Crippen molar-refractivity contribution in [2.45, 2.75) is 99.7 Å². The van der Waals surface area contributed by atoms with E-state index in [9.17, 15) is 89.3 Å². The molecule has 30 heteroatoms. The minimum atomic E-state index is -6.07. The highest BCUT2D eigenvalue weighted by Crippen LogP contribution is 2.51. The first-order chi connectivity index (χ1) is 29.4. The fourth-order valence-electron chi connectivity index (χ4n) is 4.88. The lowest BCUT2D eigenvalue weighted by Gasteiger charge is -2.32. The normalized spacial score (nSPS) is 13.7. The fourth-order valence-corrected chi connectivity index (χ4v) is 9.82. The molecule has 0 fully saturated rings. The van der Waals surface area contributed by atoms with Gasteiger partial charge < -0.3 is 20.8 Å². The van der Waals surface area contributed by atoms with Crippen LogP contribution in [0.4, 0.5) is 74.3 Å². The molecule has 368 valence electrons. The highest BCUT2D eigenvalue weighted by molar-refractivity contribution is 7.95. The Morgan fingerprint density at radius 1 is 0.500 bits per heavy atom. The van der Waals surface area contributed by atoms with Crippen molar-refractivity contribution in [3.63, 3.8) is 0 Å². The van der Waals surface area contributed by atoms with Gasteiger partial charge in [-0.2, -0.15) is 52.7 Å². The van der Waals surface area contributed by atoms with Crippen LogP contribution in [0.3, 0.4) is 0 Å². The monoisotopic (exact) mass is 1040 g/mol. The van der Waals surface area contributed by atoms with Crippen LogP contribution in [0.1, 0.15) is 64.1 Å². The van der Waals surface area contributed by atoms with Crippen LogP contribution in [-0.2, 0) is 40.8 Å². The topological polar surface area (TPSA) is 217 Å². The molecular weight excluding hydrogens is 1000 g/mol. The number of thiazole rings is 2. The van der Waals surface area contributed by atoms with Crippen molar-refractivity contribution in [1.29, 1.82) is 0 Å². The summed E-state index contributed by atoms with van der Waals surface area (Å²) in [4.78, 5) is 32.0. The predicted molar refractivity (Wildman–Crippen MR) is 216 cm³/mol. The molecule has 0 saturated carbocycles. The number of carbonyl (C=O) groups is 2. The molecule has 66 heavy (non-hydrogen) atoms. The molecule has 2 aromatic carbocycles. The van der Waals surface area contributed by atoms with Gasteiger partial charge in [0.05, 0.1) is 11.4 Å². The highest BCUT2D eigenvalue weighted by Gasteiger charge is 2.72. The minimum Gasteiger partial charge on any atom is -0.369 e. The van der Waals surface area contributed by atoms with Crippen molar-refractivity contribution in [3.8, 4) is 0 Å². The van der Waals surface area contributed by atoms with Crippen LogP contribution >= 0.6 is 22.7 Å². The molecule has 0 radical (unpaired) electrons. The van der Waals surface area contributed by atoms with Crippen molar-refractivity contribution in [2.75, 3.05) is 20.1 Å². The van der Waals surface area contributed by atoms with Crippen molar-refractivity contribution in [1.82, 2.24) is 9.97 Å². The van der Waals surface area contributed by atoms with Gasteiger partial charge in [-0.05, 0) is 38.1 Å². The molecule has 0 aliphatic rings. The molecule has 0 atom stereocenters. The molecule has 0 spiro atoms. The molecule has 14 nitrogen and oxygen atoms in total. The van der Waals surface area contributed by atoms with Crippen LogP contribution in [0, 0.1) is 24.7 Å². The summed E-state index contributed by atoms with van der Waals surface area (Å²) in [5.74, 6) is -0.851. The summed E-state index contributed by atoms with van der Waals surface area (Å²) in [7, 11) is -8.70. The van der Waals surface area contributed by atoms with Gasteiger partial charge in [-0.15, -0.1) is 0 Å². The average Bonchev–Trinajstić information content (AvgIpc) is 3.70. The average molecular weight is 1040 g/mol. The molecule has 0 saturated heterocycles. The third-order valence-electron chi connectivity index (χ3n) is 8.55. The first-order valence-electron chi connectivity index (χ1n) is 18.0. The molecule has 2 amide bonds. The predicted octanol–water partition coefficient (Wildman–Crippen LogP) is 9.10. The van der Waals surface area contributed by atoms with Crippen LogP contribution in [0.25, 0.3) is 0 Å². The smallest absolute Gasteiger partial charge is 0.369 e. The van der Waals surface area contributed by atoms with Gasteiger partial charge in [-0.1, -0.05) is 88.5 Å². The van der Waals surface area contributed by atoms with Crippen molar-refractivity contribution in [2.24, 2.45) is 10.8 Å². The Bertz CT molecular complexity index is 2420. The number of rotatable bonds is 10. The van der Waals surface area contributed by atoms with Gasteiger partial charge in [0.2, 0.25) is 11.8 Å². The number of hydrogen-bond acceptors (Lipinski definition) is 12. The molecule has 2 heterocycles. The number of aromatic nitrogens is 2. The van der Waals surface area contributed by atoms with Crippen LogP contribution in [0.2, 0.25) is 0 Å². The Labute approximate surface area is 376 Å². The number of halogens is 12. The maximum Gasteiger partial charge on any atom is 0.430 e. The second kappa shape index (κ2) is 18.4. The van der Waals surface area contributed by atoms with E-state index in [-0.39, 0.29) is 41.4 Å². The summed E-state index contributed by atoms with van der Waals surface area (Å²) in [5.41, 5.74) is -15.6. The number of sulfonamides is 2. The number of hydrogen-bond donors (Lipinski definition) is 6. The first kappa shape index (κ1) is 55.5. The third-order valence-corrected chi connectivity index (χ3v) is 14.7. The zero-order valence-corrected chi connectivity index (χ0v) is 38.3. The van der Waals surface area contributed by atoms with E-state index >= 15 is 0 Å². The second-order valence-corrected chi connectivity index (χ2v) is 21.7. The number of aryl methyl sites for hydroxylation is 2. The van der Waals surface area contributed by atoms with Gasteiger partial charge in [0.1, 0.15) is 0 Å². The molecule has 4 aromatic rings. The first-order valence-corrected chi connectivity index (χ1v) is 22.6. The summed E-state index contributed by atoms with van der Waals surface area (Å²) in [5, 5.41) is 23.7. The van der Waals surface area contributed by atoms with Crippen LogP contribution < -0.4 is 20.1 Å². The molecule has 0 aliphatic carbocycles. The maximum absolute atomic E-state index is 13.0. The Balaban J connectivity index is 0.000000350. The van der Waals surface area contributed by atoms with E-state index in [0.29, 0.717) is 71.2 Å². The Hall–Kier alpha value is -4.78. The van der Waals surface area contributed by atoms with E-state index in [1.54, 1.807) is 41.5 Å². The molecule has 0 aliphatic heterocycles. The Morgan fingerprint density at radius 2 is 0.742 bits per heavy atom. The summed E-state index contributed by atoms with van der Waals surface area (Å²) in [6, 6.07) is 3.84. The maximum atomic E-state index is 13.0. The number of nitrogens with one attached hydrogen (secondary N) is 4. The molecule has 0 unspecified atom stereocenters. The van der Waals surface area contributed by atoms with Crippen LogP contribution in [-0.4, -0.2) is 73.5 Å². The van der Waals surface area contributed by atoms with Gasteiger partial charge >= 0.3 is 24.7 Å². The largest absolute Gasteiger partial charge is 0.430 e. The van der Waals surface area contributed by atoms with Gasteiger partial charge in [0.25, 0.3) is 31.2 Å². The van der Waals surface area contributed by atoms with E-state index in [2.05, 4.69) is 20.6 Å². The number of benzene rings is 2. The zero-order valence-electron chi connectivity index (χ0n) is 35.0. The summed E-state index contributed by atoms with van der Waals surface area (Å²) < 4.78 is 210. The van der Waals surface area contributed by atoms with Crippen LogP contribution in [0.15, 0.2) is 56.9 Å². The summed E-state index contributed by atoms with van der Waals surface area (Å²) in [6.07, 6.45) is -24.3. The SMILES string of the molecule is Cc1nc(NC(=O)C(C)(C)C)sc1S(=O)(=O)Nc1ccc(C(O)(C(F)(F)F)C(F)(F)F)cc1.Cc1nc(NC(=O)C(C)(C)C)sc1S(=O)(=O)Nc1ccc(C(O)(C(F)(F)F)C(F)(F)F)cc1. The molecule has 0 bridgehead atoms. The number of anilines is 4. The van der Waals surface area contributed by atoms with Gasteiger partial charge in [0, 0.05) is 33.3 Å². The van der Waals surface area contributed by atoms with E-state index in [4.69, 9.17) is 0 Å². The van der Waals surface area contributed by atoms with Gasteiger partial charge in [0.15, 0.2) is 18.7 Å². The molecular formula is C36H38F12N6O8S4. The Kier molecular flexibility index (Phi) is 15.5. The van der Waals surface area contributed by atoms with Gasteiger partial charge in [-0.25, -0.2) is 26.8 Å². The Morgan fingerprint density at radius 3 is 0.955 bits per heavy atom. The van der Waals surface area contributed by atoms with E-state index < -0.39 is 89.7 Å². The summed E-state index contributed by atoms with van der Waals surface area (Å²) >= 11 is 1.23. The minimum absolute atomic E-state index is 0.0106. The number of nitrogens with zero attached hydrogens (tertiary/aromatic N) is 2. The van der Waals surface area contributed by atoms with Gasteiger partial charge in [-0.3, -0.25) is 19.0 Å².